The topological polar surface area (TPSA) is 37.3 Å². The van der Waals surface area contributed by atoms with Crippen LogP contribution in [0.25, 0.3) is 0 Å². The molecule has 5 rings (SSSR count). The third-order valence-electron chi connectivity index (χ3n) is 9.69. The normalized spacial score (nSPS) is 46.4. The van der Waals surface area contributed by atoms with Crippen LogP contribution in [0.1, 0.15) is 83.1 Å². The van der Waals surface area contributed by atoms with Crippen molar-refractivity contribution in [3.63, 3.8) is 0 Å². The van der Waals surface area contributed by atoms with Gasteiger partial charge >= 0.3 is 0 Å². The minimum absolute atomic E-state index is 0.00457. The molecule has 1 N–H and O–H groups in total. The Kier molecular flexibility index (Phi) is 4.01. The first-order valence-electron chi connectivity index (χ1n) is 11.2. The Labute approximate surface area is 163 Å². The molecule has 0 radical (unpaired) electrons. The summed E-state index contributed by atoms with van der Waals surface area (Å²) in [5.74, 6) is 4.65. The van der Waals surface area contributed by atoms with Crippen LogP contribution in [0.3, 0.4) is 0 Å². The van der Waals surface area contributed by atoms with Crippen molar-refractivity contribution in [2.45, 2.75) is 77.6 Å². The van der Waals surface area contributed by atoms with Gasteiger partial charge in [-0.1, -0.05) is 26.0 Å². The SMILES string of the molecule is C[C@]12CC(c3ccc(O)cc3)CCC1CC[C@@H]1[C@H]2CC[C@]2(C)C(=O)CC[C@@H]12. The van der Waals surface area contributed by atoms with Gasteiger partial charge in [0.1, 0.15) is 11.5 Å². The lowest BCUT2D eigenvalue weighted by Gasteiger charge is -2.60. The van der Waals surface area contributed by atoms with E-state index in [1.165, 1.54) is 44.1 Å². The van der Waals surface area contributed by atoms with E-state index in [-0.39, 0.29) is 5.41 Å². The predicted octanol–water partition coefficient (Wildman–Crippen LogP) is 6.09. The maximum atomic E-state index is 12.6. The molecule has 1 aromatic carbocycles. The van der Waals surface area contributed by atoms with E-state index in [2.05, 4.69) is 26.0 Å². The summed E-state index contributed by atoms with van der Waals surface area (Å²) in [7, 11) is 0. The quantitative estimate of drug-likeness (QED) is 0.653. The van der Waals surface area contributed by atoms with Gasteiger partial charge < -0.3 is 5.11 Å². The smallest absolute Gasteiger partial charge is 0.139 e. The number of rotatable bonds is 1. The molecule has 4 aliphatic carbocycles. The zero-order valence-electron chi connectivity index (χ0n) is 16.9. The second-order valence-corrected chi connectivity index (χ2v) is 10.6. The Balaban J connectivity index is 1.43. The van der Waals surface area contributed by atoms with E-state index >= 15 is 0 Å². The van der Waals surface area contributed by atoms with Crippen molar-refractivity contribution < 1.29 is 9.90 Å². The first-order valence-corrected chi connectivity index (χ1v) is 11.2. The lowest BCUT2D eigenvalue weighted by atomic mass is 9.44. The van der Waals surface area contributed by atoms with E-state index in [1.54, 1.807) is 0 Å². The van der Waals surface area contributed by atoms with E-state index in [9.17, 15) is 9.90 Å². The van der Waals surface area contributed by atoms with Gasteiger partial charge in [-0.2, -0.15) is 0 Å². The summed E-state index contributed by atoms with van der Waals surface area (Å²) in [4.78, 5) is 12.6. The van der Waals surface area contributed by atoms with Gasteiger partial charge in [0.15, 0.2) is 0 Å². The molecule has 27 heavy (non-hydrogen) atoms. The summed E-state index contributed by atoms with van der Waals surface area (Å²) >= 11 is 0. The average molecular weight is 367 g/mol. The van der Waals surface area contributed by atoms with Crippen molar-refractivity contribution in [2.24, 2.45) is 34.5 Å². The molecular weight excluding hydrogens is 332 g/mol. The van der Waals surface area contributed by atoms with Gasteiger partial charge in [-0.05, 0) is 104 Å². The van der Waals surface area contributed by atoms with Gasteiger partial charge in [0.2, 0.25) is 0 Å². The molecule has 0 aliphatic heterocycles. The number of ketones is 1. The van der Waals surface area contributed by atoms with E-state index in [4.69, 9.17) is 0 Å². The monoisotopic (exact) mass is 366 g/mol. The highest BCUT2D eigenvalue weighted by Crippen LogP contribution is 2.66. The van der Waals surface area contributed by atoms with Gasteiger partial charge in [-0.25, -0.2) is 0 Å². The molecule has 4 saturated carbocycles. The van der Waals surface area contributed by atoms with Crippen LogP contribution in [-0.2, 0) is 4.79 Å². The van der Waals surface area contributed by atoms with Crippen LogP contribution in [-0.4, -0.2) is 10.9 Å². The highest BCUT2D eigenvalue weighted by atomic mass is 16.3. The van der Waals surface area contributed by atoms with Crippen molar-refractivity contribution >= 4 is 5.78 Å². The summed E-state index contributed by atoms with van der Waals surface area (Å²) in [5, 5.41) is 9.65. The van der Waals surface area contributed by atoms with Crippen LogP contribution in [0, 0.1) is 34.5 Å². The Bertz CT molecular complexity index is 737. The number of carbonyl (C=O) groups is 1. The molecule has 0 spiro atoms. The first-order chi connectivity index (χ1) is 12.9. The zero-order chi connectivity index (χ0) is 18.8. The number of carbonyl (C=O) groups excluding carboxylic acids is 1. The fourth-order valence-corrected chi connectivity index (χ4v) is 8.16. The second kappa shape index (κ2) is 6.09. The number of fused-ring (bicyclic) bond motifs is 5. The van der Waals surface area contributed by atoms with Crippen molar-refractivity contribution in [2.75, 3.05) is 0 Å². The largest absolute Gasteiger partial charge is 0.508 e. The third-order valence-corrected chi connectivity index (χ3v) is 9.69. The van der Waals surface area contributed by atoms with Crippen molar-refractivity contribution in [3.8, 4) is 5.75 Å². The highest BCUT2D eigenvalue weighted by Gasteiger charge is 2.60. The molecule has 1 aromatic rings. The molecule has 2 nitrogen and oxygen atoms in total. The minimum Gasteiger partial charge on any atom is -0.508 e. The molecule has 7 atom stereocenters. The summed E-state index contributed by atoms with van der Waals surface area (Å²) < 4.78 is 0. The molecule has 0 bridgehead atoms. The second-order valence-electron chi connectivity index (χ2n) is 10.6. The molecule has 0 heterocycles. The molecule has 2 unspecified atom stereocenters. The maximum absolute atomic E-state index is 12.6. The average Bonchev–Trinajstić information content (AvgIpc) is 2.96. The van der Waals surface area contributed by atoms with Gasteiger partial charge in [0.05, 0.1) is 0 Å². The van der Waals surface area contributed by atoms with E-state index in [1.807, 2.05) is 12.1 Å². The zero-order valence-corrected chi connectivity index (χ0v) is 16.9. The Hall–Kier alpha value is -1.31. The Morgan fingerprint density at radius 2 is 1.67 bits per heavy atom. The van der Waals surface area contributed by atoms with Crippen molar-refractivity contribution in [1.82, 2.24) is 0 Å². The van der Waals surface area contributed by atoms with Gasteiger partial charge in [-0.15, -0.1) is 0 Å². The number of aromatic hydroxyl groups is 1. The van der Waals surface area contributed by atoms with Gasteiger partial charge in [0.25, 0.3) is 0 Å². The number of phenolic OH excluding ortho intramolecular Hbond substituents is 1. The van der Waals surface area contributed by atoms with Crippen molar-refractivity contribution in [3.05, 3.63) is 29.8 Å². The summed E-state index contributed by atoms with van der Waals surface area (Å²) in [6.45, 7) is 4.89. The van der Waals surface area contributed by atoms with Crippen LogP contribution in [0.15, 0.2) is 24.3 Å². The lowest BCUT2D eigenvalue weighted by molar-refractivity contribution is -0.139. The number of Topliss-reactive ketones (excluding diaryl/α,β-unsaturated/α-hetero) is 1. The summed E-state index contributed by atoms with van der Waals surface area (Å²) in [5.41, 5.74) is 1.83. The van der Waals surface area contributed by atoms with Crippen LogP contribution in [0.2, 0.25) is 0 Å². The molecule has 146 valence electrons. The Morgan fingerprint density at radius 3 is 2.44 bits per heavy atom. The maximum Gasteiger partial charge on any atom is 0.139 e. The van der Waals surface area contributed by atoms with E-state index in [0.29, 0.717) is 28.8 Å². The molecule has 0 amide bonds. The first kappa shape index (κ1) is 17.8. The number of hydrogen-bond donors (Lipinski definition) is 1. The van der Waals surface area contributed by atoms with Crippen LogP contribution >= 0.6 is 0 Å². The van der Waals surface area contributed by atoms with Crippen molar-refractivity contribution in [1.29, 1.82) is 0 Å². The van der Waals surface area contributed by atoms with E-state index < -0.39 is 0 Å². The molecular formula is C25H34O2. The van der Waals surface area contributed by atoms with E-state index in [0.717, 1.165) is 37.0 Å². The Morgan fingerprint density at radius 1 is 0.926 bits per heavy atom. The molecule has 2 heteroatoms. The highest BCUT2D eigenvalue weighted by molar-refractivity contribution is 5.87. The van der Waals surface area contributed by atoms with Crippen LogP contribution in [0.5, 0.6) is 5.75 Å². The summed E-state index contributed by atoms with van der Waals surface area (Å²) in [6.07, 6.45) is 11.1. The molecule has 0 saturated heterocycles. The fourth-order valence-electron chi connectivity index (χ4n) is 8.16. The number of benzene rings is 1. The number of hydrogen-bond acceptors (Lipinski definition) is 2. The standard InChI is InChI=1S/C25H34O2/c1-24-14-13-22-20(21(24)11-12-23(24)27)10-7-18-6-3-17(15-25(18,22)2)16-4-8-19(26)9-5-16/h4-5,8-9,17-18,20-22,26H,3,6-7,10-15H2,1-2H3/t17?,18?,20-,21-,22+,24-,25-/m0/s1. The molecule has 0 aromatic heterocycles. The predicted molar refractivity (Wildman–Crippen MR) is 108 cm³/mol. The minimum atomic E-state index is -0.00457. The lowest BCUT2D eigenvalue weighted by Crippen LogP contribution is -2.53. The fraction of sp³-hybridized carbons (Fsp3) is 0.720. The number of phenols is 1. The van der Waals surface area contributed by atoms with Gasteiger partial charge in [0, 0.05) is 11.8 Å². The third kappa shape index (κ3) is 2.54. The molecule has 4 aliphatic rings. The van der Waals surface area contributed by atoms with Crippen LogP contribution < -0.4 is 0 Å². The van der Waals surface area contributed by atoms with Gasteiger partial charge in [-0.3, -0.25) is 4.79 Å². The summed E-state index contributed by atoms with van der Waals surface area (Å²) in [6, 6.07) is 7.97. The van der Waals surface area contributed by atoms with Crippen LogP contribution in [0.4, 0.5) is 0 Å². The molecule has 4 fully saturated rings.